The maximum Gasteiger partial charge on any atom is 0.255 e. The number of nitrogens with one attached hydrogen (secondary N) is 2. The van der Waals surface area contributed by atoms with Crippen molar-refractivity contribution in [1.82, 2.24) is 20.1 Å². The number of imide groups is 1. The minimum Gasteiger partial charge on any atom is -0.496 e. The Morgan fingerprint density at radius 1 is 0.931 bits per heavy atom. The van der Waals surface area contributed by atoms with Gasteiger partial charge in [0.1, 0.15) is 23.2 Å². The molecule has 3 amide bonds. The second kappa shape index (κ2) is 15.3. The molecule has 0 radical (unpaired) electrons. The molecule has 58 heavy (non-hydrogen) atoms. The normalized spacial score (nSPS) is 20.6. The van der Waals surface area contributed by atoms with Crippen LogP contribution in [0.25, 0.3) is 33.2 Å². The Morgan fingerprint density at radius 2 is 1.72 bits per heavy atom. The number of piperazine rings is 1. The van der Waals surface area contributed by atoms with E-state index in [4.69, 9.17) is 20.8 Å². The smallest absolute Gasteiger partial charge is 0.255 e. The summed E-state index contributed by atoms with van der Waals surface area (Å²) in [5.41, 5.74) is 6.03. The predicted octanol–water partition coefficient (Wildman–Crippen LogP) is 5.90. The summed E-state index contributed by atoms with van der Waals surface area (Å²) in [5, 5.41) is 6.13. The van der Waals surface area contributed by atoms with E-state index in [1.165, 1.54) is 0 Å². The molecule has 2 aromatic heterocycles. The van der Waals surface area contributed by atoms with Crippen LogP contribution in [0.2, 0.25) is 5.02 Å². The van der Waals surface area contributed by atoms with Gasteiger partial charge >= 0.3 is 0 Å². The van der Waals surface area contributed by atoms with Crippen LogP contribution in [0.1, 0.15) is 48.5 Å². The van der Waals surface area contributed by atoms with Gasteiger partial charge in [-0.05, 0) is 74.1 Å². The number of hydrogen-bond donors (Lipinski definition) is 2. The highest BCUT2D eigenvalue weighted by atomic mass is 35.5. The van der Waals surface area contributed by atoms with Gasteiger partial charge in [-0.1, -0.05) is 29.8 Å². The van der Waals surface area contributed by atoms with Crippen LogP contribution < -0.4 is 30.6 Å². The molecule has 4 aliphatic heterocycles. The van der Waals surface area contributed by atoms with Crippen LogP contribution in [0.15, 0.2) is 69.9 Å². The highest BCUT2D eigenvalue weighted by Crippen LogP contribution is 2.39. The third-order valence-corrected chi connectivity index (χ3v) is 12.8. The number of ether oxygens (including phenoxy) is 1. The first-order valence-electron chi connectivity index (χ1n) is 20.0. The summed E-state index contributed by atoms with van der Waals surface area (Å²) < 4.78 is 12.0. The number of rotatable bonds is 8. The third-order valence-electron chi connectivity index (χ3n) is 12.5. The lowest BCUT2D eigenvalue weighted by atomic mass is 9.94. The van der Waals surface area contributed by atoms with Gasteiger partial charge in [0.05, 0.1) is 29.6 Å². The summed E-state index contributed by atoms with van der Waals surface area (Å²) in [4.78, 5) is 65.0. The van der Waals surface area contributed by atoms with Gasteiger partial charge in [-0.2, -0.15) is 0 Å². The second-order valence-corrected chi connectivity index (χ2v) is 16.3. The van der Waals surface area contributed by atoms with E-state index < -0.39 is 11.9 Å². The van der Waals surface area contributed by atoms with E-state index in [2.05, 4.69) is 61.5 Å². The van der Waals surface area contributed by atoms with Gasteiger partial charge in [-0.25, -0.2) is 4.98 Å². The van der Waals surface area contributed by atoms with Crippen molar-refractivity contribution in [1.29, 1.82) is 0 Å². The Labute approximate surface area is 340 Å². The quantitative estimate of drug-likeness (QED) is 0.143. The molecule has 2 N–H and O–H groups in total. The molecule has 9 rings (SSSR count). The molecule has 1 unspecified atom stereocenters. The number of piperidine rings is 2. The molecule has 3 aromatic carbocycles. The number of benzene rings is 3. The van der Waals surface area contributed by atoms with Crippen molar-refractivity contribution in [3.05, 3.63) is 87.0 Å². The van der Waals surface area contributed by atoms with Crippen molar-refractivity contribution in [3.8, 4) is 16.9 Å². The Hall–Kier alpha value is -5.66. The van der Waals surface area contributed by atoms with Crippen molar-refractivity contribution in [2.45, 2.75) is 51.2 Å². The molecule has 0 saturated carbocycles. The molecule has 4 aliphatic rings. The van der Waals surface area contributed by atoms with Crippen molar-refractivity contribution in [2.75, 3.05) is 68.5 Å². The van der Waals surface area contributed by atoms with Crippen molar-refractivity contribution < 1.29 is 23.5 Å². The lowest BCUT2D eigenvalue weighted by Gasteiger charge is -2.43. The molecule has 0 bridgehead atoms. The van der Waals surface area contributed by atoms with Crippen LogP contribution in [0.3, 0.4) is 0 Å². The van der Waals surface area contributed by atoms with E-state index in [0.29, 0.717) is 63.6 Å². The number of anilines is 3. The Kier molecular flexibility index (Phi) is 9.97. The standard InChI is InChI=1S/C44H46ClN7O6/c1-25-22-51(28-9-7-27(8-10-28)30-21-37(46-2)47-40-41(54)39-33(45)5-4-6-35(39)58-42(30)40)18-17-50(25)23-26-13-15-49(16-14-26)29-19-31-32(36(20-29)57-3)24-52(44(31)56)34-11-12-38(53)48-43(34)55/h4-10,19-21,25-26,34H,11-18,22-24H2,1-3H3,(H,46,47)(H,48,53,55)/t25-,34?/m0/s1. The van der Waals surface area contributed by atoms with E-state index in [1.54, 1.807) is 37.3 Å². The van der Waals surface area contributed by atoms with Gasteiger partial charge in [0.15, 0.2) is 11.1 Å². The third kappa shape index (κ3) is 6.79. The van der Waals surface area contributed by atoms with Crippen LogP contribution in [0.4, 0.5) is 17.2 Å². The summed E-state index contributed by atoms with van der Waals surface area (Å²) >= 11 is 6.39. The van der Waals surface area contributed by atoms with Crippen LogP contribution in [0.5, 0.6) is 5.75 Å². The molecule has 2 atom stereocenters. The molecule has 14 heteroatoms. The summed E-state index contributed by atoms with van der Waals surface area (Å²) in [6.45, 7) is 8.22. The minimum atomic E-state index is -0.661. The average molecular weight is 804 g/mol. The highest BCUT2D eigenvalue weighted by Gasteiger charge is 2.41. The fourth-order valence-corrected chi connectivity index (χ4v) is 9.46. The molecule has 0 spiro atoms. The van der Waals surface area contributed by atoms with Crippen LogP contribution >= 0.6 is 11.6 Å². The van der Waals surface area contributed by atoms with Gasteiger partial charge < -0.3 is 29.2 Å². The predicted molar refractivity (Wildman–Crippen MR) is 225 cm³/mol. The SMILES string of the molecule is CNc1cc(-c2ccc(N3CCN(CC4CCN(c5cc(OC)c6c(c5)C(=O)N(C5CCC(=O)NC5=O)C6)CC4)[C@@H](C)C3)cc2)c2oc3cccc(Cl)c3c(=O)c2n1. The number of amides is 3. The number of carbonyl (C=O) groups is 3. The number of pyridine rings is 1. The largest absolute Gasteiger partial charge is 0.496 e. The van der Waals surface area contributed by atoms with Crippen molar-refractivity contribution >= 4 is 68.6 Å². The van der Waals surface area contributed by atoms with Crippen molar-refractivity contribution in [2.24, 2.45) is 5.92 Å². The molecule has 13 nitrogen and oxygen atoms in total. The van der Waals surface area contributed by atoms with Gasteiger partial charge in [-0.15, -0.1) is 0 Å². The zero-order valence-corrected chi connectivity index (χ0v) is 33.6. The van der Waals surface area contributed by atoms with Gasteiger partial charge in [-0.3, -0.25) is 29.4 Å². The molecule has 0 aliphatic carbocycles. The maximum absolute atomic E-state index is 13.6. The Bertz CT molecular complexity index is 2520. The first-order chi connectivity index (χ1) is 28.1. The minimum absolute atomic E-state index is 0.191. The molecular formula is C44H46ClN7O6. The number of fused-ring (bicyclic) bond motifs is 3. The monoisotopic (exact) mass is 803 g/mol. The molecule has 6 heterocycles. The molecule has 5 aromatic rings. The first kappa shape index (κ1) is 37.9. The van der Waals surface area contributed by atoms with E-state index in [0.717, 1.165) is 80.2 Å². The summed E-state index contributed by atoms with van der Waals surface area (Å²) in [6.07, 6.45) is 2.64. The molecule has 3 fully saturated rings. The van der Waals surface area contributed by atoms with Crippen molar-refractivity contribution in [3.63, 3.8) is 0 Å². The van der Waals surface area contributed by atoms with E-state index >= 15 is 0 Å². The molecular weight excluding hydrogens is 758 g/mol. The summed E-state index contributed by atoms with van der Waals surface area (Å²) in [5.74, 6) is 0.886. The number of carbonyl (C=O) groups excluding carboxylic acids is 3. The van der Waals surface area contributed by atoms with Crippen LogP contribution in [0, 0.1) is 5.92 Å². The maximum atomic E-state index is 13.6. The van der Waals surface area contributed by atoms with E-state index in [1.807, 2.05) is 18.2 Å². The number of hydrogen-bond acceptors (Lipinski definition) is 11. The first-order valence-corrected chi connectivity index (χ1v) is 20.4. The topological polar surface area (TPSA) is 141 Å². The number of methoxy groups -OCH3 is 1. The fraction of sp³-hybridized carbons (Fsp3) is 0.386. The molecule has 300 valence electrons. The highest BCUT2D eigenvalue weighted by molar-refractivity contribution is 6.35. The lowest BCUT2D eigenvalue weighted by molar-refractivity contribution is -0.136. The Balaban J connectivity index is 0.830. The number of halogens is 1. The number of aromatic nitrogens is 1. The fourth-order valence-electron chi connectivity index (χ4n) is 9.21. The lowest BCUT2D eigenvalue weighted by Crippen LogP contribution is -2.53. The summed E-state index contributed by atoms with van der Waals surface area (Å²) in [7, 11) is 3.39. The second-order valence-electron chi connectivity index (χ2n) is 15.9. The van der Waals surface area contributed by atoms with Gasteiger partial charge in [0.25, 0.3) is 5.91 Å². The summed E-state index contributed by atoms with van der Waals surface area (Å²) in [6, 6.07) is 19.2. The molecule has 3 saturated heterocycles. The van der Waals surface area contributed by atoms with E-state index in [-0.39, 0.29) is 29.2 Å². The number of nitrogens with zero attached hydrogens (tertiary/aromatic N) is 5. The zero-order valence-electron chi connectivity index (χ0n) is 32.8. The van der Waals surface area contributed by atoms with Crippen LogP contribution in [-0.4, -0.2) is 98.0 Å². The van der Waals surface area contributed by atoms with Gasteiger partial charge in [0.2, 0.25) is 17.2 Å². The van der Waals surface area contributed by atoms with Crippen LogP contribution in [-0.2, 0) is 16.1 Å². The zero-order chi connectivity index (χ0) is 40.2. The Morgan fingerprint density at radius 3 is 2.45 bits per heavy atom. The van der Waals surface area contributed by atoms with E-state index in [9.17, 15) is 19.2 Å². The average Bonchev–Trinajstić information content (AvgIpc) is 3.56. The van der Waals surface area contributed by atoms with Gasteiger partial charge in [0, 0.05) is 87.3 Å².